The van der Waals surface area contributed by atoms with Gasteiger partial charge in [0.25, 0.3) is 11.6 Å². The molecular weight excluding hydrogens is 271 g/mol. The van der Waals surface area contributed by atoms with Gasteiger partial charge in [-0.1, -0.05) is 0 Å². The molecule has 1 rings (SSSR count). The average Bonchev–Trinajstić information content (AvgIpc) is 2.37. The molecule has 0 aliphatic heterocycles. The van der Waals surface area contributed by atoms with Gasteiger partial charge in [0.2, 0.25) is 0 Å². The van der Waals surface area contributed by atoms with Gasteiger partial charge in [-0.2, -0.15) is 11.8 Å². The molecule has 1 N–H and O–H groups in total. The quantitative estimate of drug-likeness (QED) is 0.495. The first kappa shape index (κ1) is 15.4. The molecule has 0 spiro atoms. The van der Waals surface area contributed by atoms with Crippen molar-refractivity contribution in [2.45, 2.75) is 13.3 Å². The Balaban J connectivity index is 2.86. The van der Waals surface area contributed by atoms with Gasteiger partial charge in [-0.15, -0.1) is 0 Å². The van der Waals surface area contributed by atoms with E-state index in [1.165, 1.54) is 6.92 Å². The molecule has 0 radical (unpaired) electrons. The van der Waals surface area contributed by atoms with Crippen LogP contribution in [0.4, 0.5) is 10.1 Å². The molecule has 0 atom stereocenters. The third-order valence-electron chi connectivity index (χ3n) is 2.51. The van der Waals surface area contributed by atoms with Gasteiger partial charge >= 0.3 is 0 Å². The van der Waals surface area contributed by atoms with E-state index in [0.29, 0.717) is 6.54 Å². The lowest BCUT2D eigenvalue weighted by atomic mass is 10.1. The first-order chi connectivity index (χ1) is 8.97. The lowest BCUT2D eigenvalue weighted by molar-refractivity contribution is -0.385. The van der Waals surface area contributed by atoms with E-state index >= 15 is 0 Å². The van der Waals surface area contributed by atoms with Crippen LogP contribution in [0.1, 0.15) is 22.3 Å². The maximum Gasteiger partial charge on any atom is 0.270 e. The Labute approximate surface area is 114 Å². The number of halogens is 1. The number of nitro groups is 1. The van der Waals surface area contributed by atoms with E-state index in [0.717, 1.165) is 24.3 Å². The van der Waals surface area contributed by atoms with Crippen LogP contribution in [-0.2, 0) is 0 Å². The predicted octanol–water partition coefficient (Wildman–Crippen LogP) is 2.53. The Morgan fingerprint density at radius 1 is 1.53 bits per heavy atom. The van der Waals surface area contributed by atoms with Gasteiger partial charge in [0.1, 0.15) is 5.82 Å². The molecule has 0 saturated heterocycles. The number of carbonyl (C=O) groups excluding carboxylic acids is 1. The predicted molar refractivity (Wildman–Crippen MR) is 73.1 cm³/mol. The number of thioether (sulfide) groups is 1. The molecule has 0 heterocycles. The van der Waals surface area contributed by atoms with E-state index in [4.69, 9.17) is 0 Å². The molecule has 0 fully saturated rings. The summed E-state index contributed by atoms with van der Waals surface area (Å²) in [7, 11) is 0. The summed E-state index contributed by atoms with van der Waals surface area (Å²) < 4.78 is 13.8. The summed E-state index contributed by atoms with van der Waals surface area (Å²) in [5.41, 5.74) is -0.479. The van der Waals surface area contributed by atoms with Crippen LogP contribution in [0.15, 0.2) is 12.1 Å². The summed E-state index contributed by atoms with van der Waals surface area (Å²) in [6.07, 6.45) is 2.72. The highest BCUT2D eigenvalue weighted by Crippen LogP contribution is 2.20. The summed E-state index contributed by atoms with van der Waals surface area (Å²) >= 11 is 1.65. The zero-order valence-corrected chi connectivity index (χ0v) is 11.6. The fourth-order valence-corrected chi connectivity index (χ4v) is 1.97. The Hall–Kier alpha value is -1.63. The average molecular weight is 286 g/mol. The molecule has 1 aromatic carbocycles. The molecule has 0 bridgehead atoms. The third kappa shape index (κ3) is 4.20. The van der Waals surface area contributed by atoms with E-state index in [2.05, 4.69) is 5.32 Å². The van der Waals surface area contributed by atoms with Crippen molar-refractivity contribution in [2.75, 3.05) is 18.6 Å². The SMILES string of the molecule is CSCCCNC(=O)c1cc([N+](=O)[O-])cc(C)c1F. The van der Waals surface area contributed by atoms with Crippen LogP contribution >= 0.6 is 11.8 Å². The lowest BCUT2D eigenvalue weighted by Gasteiger charge is -2.07. The fourth-order valence-electron chi connectivity index (χ4n) is 1.53. The van der Waals surface area contributed by atoms with Crippen LogP contribution in [0.3, 0.4) is 0 Å². The van der Waals surface area contributed by atoms with Gasteiger partial charge in [-0.3, -0.25) is 14.9 Å². The molecule has 1 amide bonds. The summed E-state index contributed by atoms with van der Waals surface area (Å²) in [6.45, 7) is 1.81. The van der Waals surface area contributed by atoms with Crippen molar-refractivity contribution in [1.82, 2.24) is 5.32 Å². The summed E-state index contributed by atoms with van der Waals surface area (Å²) in [5.74, 6) is -0.449. The number of rotatable bonds is 6. The molecule has 1 aromatic rings. The summed E-state index contributed by atoms with van der Waals surface area (Å²) in [6, 6.07) is 2.08. The Morgan fingerprint density at radius 2 is 2.21 bits per heavy atom. The lowest BCUT2D eigenvalue weighted by Crippen LogP contribution is -2.26. The van der Waals surface area contributed by atoms with E-state index < -0.39 is 16.6 Å². The Kier molecular flexibility index (Phi) is 5.75. The van der Waals surface area contributed by atoms with Crippen LogP contribution in [0.25, 0.3) is 0 Å². The molecule has 0 aliphatic rings. The summed E-state index contributed by atoms with van der Waals surface area (Å²) in [5, 5.41) is 13.2. The molecule has 0 unspecified atom stereocenters. The second kappa shape index (κ2) is 7.08. The molecule has 7 heteroatoms. The molecule has 0 saturated carbocycles. The molecule has 5 nitrogen and oxygen atoms in total. The highest BCUT2D eigenvalue weighted by Gasteiger charge is 2.19. The van der Waals surface area contributed by atoms with Crippen molar-refractivity contribution in [2.24, 2.45) is 0 Å². The van der Waals surface area contributed by atoms with Gasteiger partial charge in [0, 0.05) is 18.7 Å². The Bertz CT molecular complexity index is 494. The second-order valence-corrected chi connectivity index (χ2v) is 4.97. The number of nitrogens with zero attached hydrogens (tertiary/aromatic N) is 1. The van der Waals surface area contributed by atoms with E-state index in [9.17, 15) is 19.3 Å². The Morgan fingerprint density at radius 3 is 2.79 bits per heavy atom. The van der Waals surface area contributed by atoms with Crippen molar-refractivity contribution < 1.29 is 14.1 Å². The standard InChI is InChI=1S/C12H15FN2O3S/c1-8-6-9(15(17)18)7-10(11(8)13)12(16)14-4-3-5-19-2/h6-7H,3-5H2,1-2H3,(H,14,16). The van der Waals surface area contributed by atoms with Gasteiger partial charge < -0.3 is 5.32 Å². The highest BCUT2D eigenvalue weighted by molar-refractivity contribution is 7.98. The number of amides is 1. The molecule has 0 aromatic heterocycles. The maximum absolute atomic E-state index is 13.8. The minimum atomic E-state index is -0.715. The van der Waals surface area contributed by atoms with Gasteiger partial charge in [0.15, 0.2) is 0 Å². The van der Waals surface area contributed by atoms with Gasteiger partial charge in [0.05, 0.1) is 10.5 Å². The van der Waals surface area contributed by atoms with Crippen molar-refractivity contribution in [1.29, 1.82) is 0 Å². The maximum atomic E-state index is 13.8. The largest absolute Gasteiger partial charge is 0.352 e. The van der Waals surface area contributed by atoms with Crippen LogP contribution in [0, 0.1) is 22.9 Å². The number of benzene rings is 1. The fraction of sp³-hybridized carbons (Fsp3) is 0.417. The van der Waals surface area contributed by atoms with Crippen LogP contribution < -0.4 is 5.32 Å². The zero-order chi connectivity index (χ0) is 14.4. The number of nitro benzene ring substituents is 1. The van der Waals surface area contributed by atoms with Crippen molar-refractivity contribution in [3.8, 4) is 0 Å². The number of carbonyl (C=O) groups is 1. The van der Waals surface area contributed by atoms with Gasteiger partial charge in [-0.05, 0) is 30.9 Å². The second-order valence-electron chi connectivity index (χ2n) is 3.98. The van der Waals surface area contributed by atoms with Crippen molar-refractivity contribution >= 4 is 23.4 Å². The van der Waals surface area contributed by atoms with Crippen LogP contribution in [0.2, 0.25) is 0 Å². The summed E-state index contributed by atoms with van der Waals surface area (Å²) in [4.78, 5) is 21.8. The molecule has 0 aliphatic carbocycles. The molecular formula is C12H15FN2O3S. The topological polar surface area (TPSA) is 72.2 Å². The van der Waals surface area contributed by atoms with E-state index in [1.54, 1.807) is 11.8 Å². The van der Waals surface area contributed by atoms with E-state index in [1.807, 2.05) is 6.26 Å². The normalized spacial score (nSPS) is 10.3. The number of hydrogen-bond donors (Lipinski definition) is 1. The molecule has 104 valence electrons. The van der Waals surface area contributed by atoms with E-state index in [-0.39, 0.29) is 16.8 Å². The highest BCUT2D eigenvalue weighted by atomic mass is 32.2. The van der Waals surface area contributed by atoms with Gasteiger partial charge in [-0.25, -0.2) is 4.39 Å². The third-order valence-corrected chi connectivity index (χ3v) is 3.20. The first-order valence-electron chi connectivity index (χ1n) is 5.69. The first-order valence-corrected chi connectivity index (χ1v) is 7.08. The minimum Gasteiger partial charge on any atom is -0.352 e. The molecule has 19 heavy (non-hydrogen) atoms. The number of nitrogens with one attached hydrogen (secondary N) is 1. The smallest absolute Gasteiger partial charge is 0.270 e. The van der Waals surface area contributed by atoms with Crippen molar-refractivity contribution in [3.63, 3.8) is 0 Å². The minimum absolute atomic E-state index is 0.0865. The number of non-ortho nitro benzene ring substituents is 1. The van der Waals surface area contributed by atoms with Crippen LogP contribution in [-0.4, -0.2) is 29.4 Å². The number of hydrogen-bond acceptors (Lipinski definition) is 4. The van der Waals surface area contributed by atoms with Crippen molar-refractivity contribution in [3.05, 3.63) is 39.2 Å². The van der Waals surface area contributed by atoms with Crippen LogP contribution in [0.5, 0.6) is 0 Å². The number of aryl methyl sites for hydroxylation is 1. The zero-order valence-electron chi connectivity index (χ0n) is 10.7. The monoisotopic (exact) mass is 286 g/mol.